The van der Waals surface area contributed by atoms with Gasteiger partial charge >= 0.3 is 6.03 Å². The first-order valence-electron chi connectivity index (χ1n) is 8.55. The van der Waals surface area contributed by atoms with E-state index in [4.69, 9.17) is 0 Å². The van der Waals surface area contributed by atoms with Gasteiger partial charge in [-0.2, -0.15) is 4.90 Å². The fourth-order valence-corrected chi connectivity index (χ4v) is 3.22. The molecule has 1 aliphatic heterocycles. The number of carbonyl (C=O) groups excluding carboxylic acids is 3. The zero-order valence-corrected chi connectivity index (χ0v) is 14.4. The molecule has 0 N–H and O–H groups in total. The maximum Gasteiger partial charge on any atom is 0.339 e. The van der Waals surface area contributed by atoms with E-state index < -0.39 is 23.9 Å². The number of hydrogen-bond donors (Lipinski definition) is 0. The molecule has 0 radical (unpaired) electrons. The topological polar surface area (TPSA) is 57.7 Å². The number of rotatable bonds is 3. The molecular weight excluding hydrogens is 340 g/mol. The molecule has 0 aliphatic carbocycles. The smallest absolute Gasteiger partial charge is 0.277 e. The fraction of sp³-hybridized carbons (Fsp3) is 0.0455. The summed E-state index contributed by atoms with van der Waals surface area (Å²) in [5, 5.41) is 0. The molecule has 5 heteroatoms. The Bertz CT molecular complexity index is 930. The highest BCUT2D eigenvalue weighted by molar-refractivity contribution is 6.26. The molecule has 1 fully saturated rings. The number of hydrogen-bond acceptors (Lipinski definition) is 3. The minimum atomic E-state index is -0.881. The lowest BCUT2D eigenvalue weighted by Crippen LogP contribution is -2.38. The third-order valence-corrected chi connectivity index (χ3v) is 4.48. The number of benzene rings is 3. The Balaban J connectivity index is 1.81. The van der Waals surface area contributed by atoms with Crippen molar-refractivity contribution in [3.05, 3.63) is 102 Å². The molecule has 4 rings (SSSR count). The Kier molecular flexibility index (Phi) is 4.26. The average molecular weight is 356 g/mol. The zero-order chi connectivity index (χ0) is 18.8. The van der Waals surface area contributed by atoms with Gasteiger partial charge in [0.2, 0.25) is 0 Å². The summed E-state index contributed by atoms with van der Waals surface area (Å²) in [5.41, 5.74) is 1.51. The molecule has 0 aromatic heterocycles. The highest BCUT2D eigenvalue weighted by atomic mass is 16.2. The number of amides is 4. The van der Waals surface area contributed by atoms with Gasteiger partial charge in [-0.25, -0.2) is 4.79 Å². The van der Waals surface area contributed by atoms with Crippen LogP contribution in [-0.4, -0.2) is 22.7 Å². The number of nitrogens with zero attached hydrogens (tertiary/aromatic N) is 2. The van der Waals surface area contributed by atoms with Gasteiger partial charge in [0.05, 0.1) is 0 Å². The van der Waals surface area contributed by atoms with Gasteiger partial charge < -0.3 is 0 Å². The first-order chi connectivity index (χ1) is 13.2. The van der Waals surface area contributed by atoms with E-state index in [1.165, 1.54) is 4.90 Å². The van der Waals surface area contributed by atoms with Gasteiger partial charge in [-0.3, -0.25) is 14.5 Å². The summed E-state index contributed by atoms with van der Waals surface area (Å²) in [6.07, 6.45) is 0. The second kappa shape index (κ2) is 6.88. The second-order valence-electron chi connectivity index (χ2n) is 6.15. The van der Waals surface area contributed by atoms with Crippen LogP contribution in [0.3, 0.4) is 0 Å². The van der Waals surface area contributed by atoms with Crippen molar-refractivity contribution in [2.75, 3.05) is 4.90 Å². The Morgan fingerprint density at radius 1 is 0.704 bits per heavy atom. The molecule has 1 heterocycles. The Hall–Kier alpha value is -3.73. The third-order valence-electron chi connectivity index (χ3n) is 4.48. The largest absolute Gasteiger partial charge is 0.339 e. The van der Waals surface area contributed by atoms with Gasteiger partial charge in [0.25, 0.3) is 11.8 Å². The first-order valence-corrected chi connectivity index (χ1v) is 8.55. The van der Waals surface area contributed by atoms with E-state index in [1.54, 1.807) is 78.9 Å². The molecule has 0 bridgehead atoms. The van der Waals surface area contributed by atoms with Crippen molar-refractivity contribution in [2.24, 2.45) is 0 Å². The van der Waals surface area contributed by atoms with Crippen molar-refractivity contribution in [3.8, 4) is 0 Å². The van der Waals surface area contributed by atoms with Crippen molar-refractivity contribution in [1.82, 2.24) is 4.90 Å². The van der Waals surface area contributed by atoms with Crippen LogP contribution in [0.5, 0.6) is 0 Å². The fourth-order valence-electron chi connectivity index (χ4n) is 3.22. The van der Waals surface area contributed by atoms with Crippen LogP contribution in [0, 0.1) is 0 Å². The van der Waals surface area contributed by atoms with Gasteiger partial charge in [0.1, 0.15) is 6.04 Å². The molecule has 5 nitrogen and oxygen atoms in total. The Morgan fingerprint density at radius 3 is 1.81 bits per heavy atom. The third kappa shape index (κ3) is 2.89. The number of anilines is 1. The maximum absolute atomic E-state index is 13.2. The summed E-state index contributed by atoms with van der Waals surface area (Å²) in [7, 11) is 0. The van der Waals surface area contributed by atoms with Crippen LogP contribution in [-0.2, 0) is 4.79 Å². The minimum absolute atomic E-state index is 0.293. The Morgan fingerprint density at radius 2 is 1.22 bits per heavy atom. The number of urea groups is 1. The number of carbonyl (C=O) groups is 3. The maximum atomic E-state index is 13.2. The lowest BCUT2D eigenvalue weighted by atomic mass is 10.1. The van der Waals surface area contributed by atoms with Gasteiger partial charge in [0.15, 0.2) is 0 Å². The number of imide groups is 3. The van der Waals surface area contributed by atoms with Crippen molar-refractivity contribution < 1.29 is 14.4 Å². The van der Waals surface area contributed by atoms with Crippen LogP contribution < -0.4 is 4.90 Å². The predicted octanol–water partition coefficient (Wildman–Crippen LogP) is 4.04. The minimum Gasteiger partial charge on any atom is -0.277 e. The molecule has 1 atom stereocenters. The van der Waals surface area contributed by atoms with Crippen LogP contribution in [0.25, 0.3) is 0 Å². The molecule has 0 spiro atoms. The molecule has 4 amide bonds. The van der Waals surface area contributed by atoms with E-state index in [0.29, 0.717) is 16.8 Å². The van der Waals surface area contributed by atoms with Crippen molar-refractivity contribution in [2.45, 2.75) is 6.04 Å². The summed E-state index contributed by atoms with van der Waals surface area (Å²) in [5.74, 6) is -1.17. The zero-order valence-electron chi connectivity index (χ0n) is 14.4. The van der Waals surface area contributed by atoms with Crippen molar-refractivity contribution in [3.63, 3.8) is 0 Å². The second-order valence-corrected chi connectivity index (χ2v) is 6.15. The van der Waals surface area contributed by atoms with Gasteiger partial charge in [-0.1, -0.05) is 66.7 Å². The van der Waals surface area contributed by atoms with E-state index in [-0.39, 0.29) is 0 Å². The molecule has 1 unspecified atom stereocenters. The van der Waals surface area contributed by atoms with E-state index in [1.807, 2.05) is 12.1 Å². The summed E-state index contributed by atoms with van der Waals surface area (Å²) >= 11 is 0. The molecule has 3 aromatic rings. The Labute approximate surface area is 156 Å². The lowest BCUT2D eigenvalue weighted by molar-refractivity contribution is -0.125. The van der Waals surface area contributed by atoms with Crippen molar-refractivity contribution in [1.29, 1.82) is 0 Å². The lowest BCUT2D eigenvalue weighted by Gasteiger charge is -2.22. The van der Waals surface area contributed by atoms with E-state index in [9.17, 15) is 14.4 Å². The monoisotopic (exact) mass is 356 g/mol. The quantitative estimate of drug-likeness (QED) is 0.526. The normalized spacial score (nSPS) is 16.7. The van der Waals surface area contributed by atoms with Crippen molar-refractivity contribution >= 4 is 23.5 Å². The van der Waals surface area contributed by atoms with Crippen LogP contribution in [0.2, 0.25) is 0 Å². The molecule has 132 valence electrons. The van der Waals surface area contributed by atoms with Gasteiger partial charge in [0, 0.05) is 11.3 Å². The summed E-state index contributed by atoms with van der Waals surface area (Å²) < 4.78 is 0. The molecular formula is C22H16N2O3. The summed E-state index contributed by atoms with van der Waals surface area (Å²) in [4.78, 5) is 41.3. The van der Waals surface area contributed by atoms with Crippen LogP contribution in [0.15, 0.2) is 91.0 Å². The highest BCUT2D eigenvalue weighted by Crippen LogP contribution is 2.36. The SMILES string of the molecule is O=C(c1ccccc1)N1C(=O)C(c2ccccc2)N(c2ccccc2)C1=O. The average Bonchev–Trinajstić information content (AvgIpc) is 2.99. The molecule has 1 saturated heterocycles. The molecule has 1 aliphatic rings. The molecule has 27 heavy (non-hydrogen) atoms. The van der Waals surface area contributed by atoms with E-state index >= 15 is 0 Å². The number of para-hydroxylation sites is 1. The molecule has 3 aromatic carbocycles. The van der Waals surface area contributed by atoms with Gasteiger partial charge in [-0.15, -0.1) is 0 Å². The highest BCUT2D eigenvalue weighted by Gasteiger charge is 2.49. The van der Waals surface area contributed by atoms with Gasteiger partial charge in [-0.05, 0) is 29.8 Å². The molecule has 0 saturated carbocycles. The van der Waals surface area contributed by atoms with E-state index in [0.717, 1.165) is 4.90 Å². The predicted molar refractivity (Wildman–Crippen MR) is 101 cm³/mol. The summed E-state index contributed by atoms with van der Waals surface area (Å²) in [6.45, 7) is 0. The standard InChI is InChI=1S/C22H16N2O3/c25-20(17-12-6-2-7-13-17)24-21(26)19(16-10-4-1-5-11-16)23(22(24)27)18-14-8-3-9-15-18/h1-15,19H. The first kappa shape index (κ1) is 16.7. The summed E-state index contributed by atoms with van der Waals surface area (Å²) in [6, 6.07) is 24.7. The van der Waals surface area contributed by atoms with E-state index in [2.05, 4.69) is 0 Å². The van der Waals surface area contributed by atoms with Crippen LogP contribution in [0.4, 0.5) is 10.5 Å². The van der Waals surface area contributed by atoms with Crippen LogP contribution in [0.1, 0.15) is 22.0 Å². The van der Waals surface area contributed by atoms with Crippen LogP contribution >= 0.6 is 0 Å².